The van der Waals surface area contributed by atoms with Gasteiger partial charge in [-0.1, -0.05) is 66.7 Å². The van der Waals surface area contributed by atoms with E-state index in [0.717, 1.165) is 27.9 Å². The number of allylic oxidation sites excluding steroid dienone is 2. The number of nitrogens with one attached hydrogen (secondary N) is 1. The molecule has 37 heavy (non-hydrogen) atoms. The van der Waals surface area contributed by atoms with E-state index in [1.165, 1.54) is 27.9 Å². The van der Waals surface area contributed by atoms with Crippen LogP contribution >= 0.6 is 0 Å². The lowest BCUT2D eigenvalue weighted by Crippen LogP contribution is -2.30. The van der Waals surface area contributed by atoms with Gasteiger partial charge in [0.1, 0.15) is 6.17 Å². The highest BCUT2D eigenvalue weighted by Crippen LogP contribution is 2.46. The van der Waals surface area contributed by atoms with Crippen LogP contribution in [0.3, 0.4) is 0 Å². The second-order valence-corrected chi connectivity index (χ2v) is 9.28. The van der Waals surface area contributed by atoms with Gasteiger partial charge in [-0.15, -0.1) is 0 Å². The molecular formula is C33H24N4. The van der Waals surface area contributed by atoms with Crippen LogP contribution in [0.5, 0.6) is 0 Å². The number of rotatable bonds is 4. The van der Waals surface area contributed by atoms with E-state index in [1.807, 2.05) is 24.5 Å². The van der Waals surface area contributed by atoms with Gasteiger partial charge in [-0.25, -0.2) is 0 Å². The Balaban J connectivity index is 1.32. The minimum atomic E-state index is 0.122. The van der Waals surface area contributed by atoms with Crippen molar-refractivity contribution in [1.82, 2.24) is 9.97 Å². The Morgan fingerprint density at radius 1 is 0.595 bits per heavy atom. The third-order valence-electron chi connectivity index (χ3n) is 7.04. The highest BCUT2D eigenvalue weighted by atomic mass is 15.3. The third kappa shape index (κ3) is 3.89. The lowest BCUT2D eigenvalue weighted by molar-refractivity contribution is 0.908. The van der Waals surface area contributed by atoms with Crippen LogP contribution in [0.4, 0.5) is 11.4 Å². The smallest absolute Gasteiger partial charge is 0.123 e. The number of hydrogen-bond acceptors (Lipinski definition) is 4. The number of hydrogen-bond donors (Lipinski definition) is 1. The van der Waals surface area contributed by atoms with Crippen LogP contribution in [0.15, 0.2) is 134 Å². The summed E-state index contributed by atoms with van der Waals surface area (Å²) in [7, 11) is 0. The Kier molecular flexibility index (Phi) is 5.14. The fraction of sp³-hybridized carbons (Fsp3) is 0.0303. The first-order valence-corrected chi connectivity index (χ1v) is 12.4. The summed E-state index contributed by atoms with van der Waals surface area (Å²) in [6, 6.07) is 30.2. The van der Waals surface area contributed by atoms with Crippen LogP contribution in [0, 0.1) is 0 Å². The Bertz CT molecular complexity index is 1620. The maximum atomic E-state index is 4.27. The van der Waals surface area contributed by atoms with Crippen molar-refractivity contribution in [3.05, 3.63) is 134 Å². The van der Waals surface area contributed by atoms with Crippen molar-refractivity contribution in [1.29, 1.82) is 0 Å². The summed E-state index contributed by atoms with van der Waals surface area (Å²) >= 11 is 0. The van der Waals surface area contributed by atoms with E-state index in [0.29, 0.717) is 0 Å². The van der Waals surface area contributed by atoms with Gasteiger partial charge in [-0.05, 0) is 75.4 Å². The molecule has 4 heterocycles. The first-order valence-electron chi connectivity index (χ1n) is 12.4. The molecule has 0 radical (unpaired) electrons. The van der Waals surface area contributed by atoms with Crippen molar-refractivity contribution < 1.29 is 0 Å². The molecule has 0 spiro atoms. The van der Waals surface area contributed by atoms with Gasteiger partial charge < -0.3 is 10.2 Å². The van der Waals surface area contributed by atoms with Crippen molar-refractivity contribution in [2.24, 2.45) is 0 Å². The number of pyridine rings is 2. The number of benzene rings is 3. The average molecular weight is 477 g/mol. The molecule has 0 saturated carbocycles. The van der Waals surface area contributed by atoms with Gasteiger partial charge in [0, 0.05) is 36.6 Å². The largest absolute Gasteiger partial charge is 0.359 e. The SMILES string of the molecule is C1=CC2Nc3c(-c4ccc(-c5cccnc5)cc4)cc(-c4ccc(-c5cccnc5)cc4)cc3N2C=C1. The van der Waals surface area contributed by atoms with E-state index < -0.39 is 0 Å². The molecule has 1 unspecified atom stereocenters. The summed E-state index contributed by atoms with van der Waals surface area (Å²) in [6.07, 6.45) is 16.1. The minimum absolute atomic E-state index is 0.122. The van der Waals surface area contributed by atoms with Crippen LogP contribution in [0.25, 0.3) is 44.5 Å². The zero-order chi connectivity index (χ0) is 24.6. The molecule has 4 nitrogen and oxygen atoms in total. The Labute approximate surface area is 216 Å². The molecule has 4 heteroatoms. The van der Waals surface area contributed by atoms with Gasteiger partial charge in [-0.2, -0.15) is 0 Å². The Hall–Kier alpha value is -4.96. The summed E-state index contributed by atoms with van der Waals surface area (Å²) in [6.45, 7) is 0. The fourth-order valence-corrected chi connectivity index (χ4v) is 5.13. The normalized spacial score (nSPS) is 15.2. The van der Waals surface area contributed by atoms with Gasteiger partial charge >= 0.3 is 0 Å². The molecule has 2 aliphatic rings. The molecule has 2 aromatic heterocycles. The zero-order valence-electron chi connectivity index (χ0n) is 20.1. The number of aromatic nitrogens is 2. The van der Waals surface area contributed by atoms with Crippen molar-refractivity contribution in [2.45, 2.75) is 6.17 Å². The molecule has 1 atom stereocenters. The predicted octanol–water partition coefficient (Wildman–Crippen LogP) is 7.79. The quantitative estimate of drug-likeness (QED) is 0.287. The summed E-state index contributed by atoms with van der Waals surface area (Å²) in [4.78, 5) is 10.8. The predicted molar refractivity (Wildman–Crippen MR) is 152 cm³/mol. The van der Waals surface area contributed by atoms with Crippen LogP contribution in [0.1, 0.15) is 0 Å². The maximum Gasteiger partial charge on any atom is 0.123 e. The van der Waals surface area contributed by atoms with Gasteiger partial charge in [0.05, 0.1) is 11.4 Å². The molecule has 176 valence electrons. The van der Waals surface area contributed by atoms with E-state index in [9.17, 15) is 0 Å². The van der Waals surface area contributed by atoms with E-state index in [4.69, 9.17) is 0 Å². The summed E-state index contributed by atoms with van der Waals surface area (Å²) in [5.41, 5.74) is 11.6. The topological polar surface area (TPSA) is 41.1 Å². The molecule has 1 N–H and O–H groups in total. The minimum Gasteiger partial charge on any atom is -0.359 e. The lowest BCUT2D eigenvalue weighted by Gasteiger charge is -2.22. The van der Waals surface area contributed by atoms with Crippen molar-refractivity contribution in [3.8, 4) is 44.5 Å². The molecule has 0 aliphatic carbocycles. The molecule has 0 bridgehead atoms. The van der Waals surface area contributed by atoms with E-state index in [1.54, 1.807) is 12.4 Å². The van der Waals surface area contributed by atoms with E-state index in [2.05, 4.69) is 117 Å². The number of anilines is 2. The fourth-order valence-electron chi connectivity index (χ4n) is 5.13. The van der Waals surface area contributed by atoms with Crippen LogP contribution in [-0.2, 0) is 0 Å². The zero-order valence-corrected chi connectivity index (χ0v) is 20.1. The summed E-state index contributed by atoms with van der Waals surface area (Å²) < 4.78 is 0. The van der Waals surface area contributed by atoms with Crippen molar-refractivity contribution in [3.63, 3.8) is 0 Å². The molecule has 3 aromatic carbocycles. The van der Waals surface area contributed by atoms with Gasteiger partial charge in [0.25, 0.3) is 0 Å². The average Bonchev–Trinajstić information content (AvgIpc) is 3.37. The molecule has 0 fully saturated rings. The molecule has 0 amide bonds. The highest BCUT2D eigenvalue weighted by Gasteiger charge is 2.29. The van der Waals surface area contributed by atoms with E-state index in [-0.39, 0.29) is 6.17 Å². The van der Waals surface area contributed by atoms with Gasteiger partial charge in [-0.3, -0.25) is 9.97 Å². The summed E-state index contributed by atoms with van der Waals surface area (Å²) in [5, 5.41) is 3.73. The van der Waals surface area contributed by atoms with Crippen LogP contribution in [-0.4, -0.2) is 16.1 Å². The first kappa shape index (κ1) is 21.3. The Morgan fingerprint density at radius 2 is 1.19 bits per heavy atom. The van der Waals surface area contributed by atoms with Crippen molar-refractivity contribution >= 4 is 11.4 Å². The van der Waals surface area contributed by atoms with Crippen LogP contribution < -0.4 is 10.2 Å². The second kappa shape index (κ2) is 8.92. The second-order valence-electron chi connectivity index (χ2n) is 9.28. The monoisotopic (exact) mass is 476 g/mol. The Morgan fingerprint density at radius 3 is 1.78 bits per heavy atom. The first-order chi connectivity index (χ1) is 18.3. The molecular weight excluding hydrogens is 452 g/mol. The molecule has 0 saturated heterocycles. The van der Waals surface area contributed by atoms with Crippen LogP contribution in [0.2, 0.25) is 0 Å². The lowest BCUT2D eigenvalue weighted by atomic mass is 9.94. The third-order valence-corrected chi connectivity index (χ3v) is 7.04. The standard InChI is InChI=1S/C33H24N4/c1-2-18-37-31-20-29(25-10-8-23(9-11-25)27-5-3-16-34-21-27)19-30(33(31)36-32(37)7-1)26-14-12-24(13-15-26)28-6-4-17-35-22-28/h1-22,32,36H. The molecule has 2 aliphatic heterocycles. The van der Waals surface area contributed by atoms with Gasteiger partial charge in [0.2, 0.25) is 0 Å². The number of fused-ring (bicyclic) bond motifs is 3. The maximum absolute atomic E-state index is 4.27. The number of nitrogens with zero attached hydrogens (tertiary/aromatic N) is 3. The van der Waals surface area contributed by atoms with E-state index >= 15 is 0 Å². The molecule has 7 rings (SSSR count). The van der Waals surface area contributed by atoms with Gasteiger partial charge in [0.15, 0.2) is 0 Å². The van der Waals surface area contributed by atoms with Crippen molar-refractivity contribution in [2.75, 3.05) is 10.2 Å². The summed E-state index contributed by atoms with van der Waals surface area (Å²) in [5.74, 6) is 0. The molecule has 5 aromatic rings. The highest BCUT2D eigenvalue weighted by molar-refractivity contribution is 5.96.